The highest BCUT2D eigenvalue weighted by Crippen LogP contribution is 1.42. The van der Waals surface area contributed by atoms with Crippen LogP contribution in [0.25, 0.3) is 5.41 Å². The van der Waals surface area contributed by atoms with Crippen LogP contribution in [0, 0.1) is 12.5 Å². The van der Waals surface area contributed by atoms with E-state index in [2.05, 4.69) is 11.4 Å². The maximum absolute atomic E-state index is 7.51. The molecule has 2 nitrogen and oxygen atoms in total. The lowest BCUT2D eigenvalue weighted by atomic mass is 11.2. The minimum atomic E-state index is 1.41. The second-order valence-corrected chi connectivity index (χ2v) is 0.341. The van der Waals surface area contributed by atoms with E-state index in [4.69, 9.17) is 5.41 Å². The molecular formula is C3HN2-. The molecule has 0 fully saturated rings. The highest BCUT2D eigenvalue weighted by atomic mass is 14.7. The Morgan fingerprint density at radius 1 is 1.80 bits per heavy atom. The van der Waals surface area contributed by atoms with Crippen LogP contribution in [-0.2, 0) is 0 Å². The quantitative estimate of drug-likeness (QED) is 0.288. The van der Waals surface area contributed by atoms with Gasteiger partial charge in [-0.25, -0.2) is 0 Å². The average molecular weight is 65.1 g/mol. The number of hydrogen-bond donors (Lipinski definition) is 0. The van der Waals surface area contributed by atoms with Gasteiger partial charge in [-0.05, 0) is 0 Å². The molecule has 0 aromatic rings. The zero-order valence-corrected chi connectivity index (χ0v) is 2.47. The SMILES string of the molecule is C#CN=C=[N-]. The average Bonchev–Trinajstić information content (AvgIpc) is 1.41. The van der Waals surface area contributed by atoms with Gasteiger partial charge in [-0.1, -0.05) is 6.04 Å². The monoisotopic (exact) mass is 65.0 g/mol. The summed E-state index contributed by atoms with van der Waals surface area (Å²) >= 11 is 0. The van der Waals surface area contributed by atoms with E-state index in [1.807, 2.05) is 0 Å². The lowest BCUT2D eigenvalue weighted by Gasteiger charge is -1.61. The third kappa shape index (κ3) is 2.94. The van der Waals surface area contributed by atoms with Gasteiger partial charge in [-0.3, -0.25) is 0 Å². The lowest BCUT2D eigenvalue weighted by Crippen LogP contribution is -1.36. The van der Waals surface area contributed by atoms with Crippen molar-refractivity contribution in [2.24, 2.45) is 4.99 Å². The Labute approximate surface area is 30.0 Å². The van der Waals surface area contributed by atoms with Crippen LogP contribution in [-0.4, -0.2) is 6.01 Å². The van der Waals surface area contributed by atoms with Gasteiger partial charge in [0, 0.05) is 0 Å². The fourth-order valence-corrected chi connectivity index (χ4v) is 0.0289. The summed E-state index contributed by atoms with van der Waals surface area (Å²) in [7, 11) is 0. The Balaban J connectivity index is 3.46. The van der Waals surface area contributed by atoms with Crippen LogP contribution in [0.3, 0.4) is 0 Å². The highest BCUT2D eigenvalue weighted by Gasteiger charge is 1.16. The van der Waals surface area contributed by atoms with Crippen LogP contribution < -0.4 is 0 Å². The van der Waals surface area contributed by atoms with Crippen LogP contribution >= 0.6 is 0 Å². The summed E-state index contributed by atoms with van der Waals surface area (Å²) < 4.78 is 0. The van der Waals surface area contributed by atoms with Gasteiger partial charge in [-0.2, -0.15) is 0 Å². The molecule has 0 bridgehead atoms. The lowest BCUT2D eigenvalue weighted by molar-refractivity contribution is 1.75. The molecule has 0 spiro atoms. The third-order valence-electron chi connectivity index (χ3n) is 0.115. The first kappa shape index (κ1) is 3.94. The Morgan fingerprint density at radius 3 is 2.40 bits per heavy atom. The molecule has 0 N–H and O–H groups in total. The van der Waals surface area contributed by atoms with Crippen molar-refractivity contribution in [3.05, 3.63) is 5.41 Å². The minimum absolute atomic E-state index is 1.41. The number of rotatable bonds is 0. The molecule has 0 aromatic heterocycles. The smallest absolute Gasteiger partial charge is 0.0830 e. The second kappa shape index (κ2) is 2.94. The van der Waals surface area contributed by atoms with E-state index in [0.29, 0.717) is 0 Å². The molecule has 0 saturated heterocycles. The van der Waals surface area contributed by atoms with Crippen LogP contribution in [0.4, 0.5) is 0 Å². The zero-order valence-electron chi connectivity index (χ0n) is 2.47. The molecule has 2 heteroatoms. The van der Waals surface area contributed by atoms with E-state index in [-0.39, 0.29) is 0 Å². The van der Waals surface area contributed by atoms with Crippen LogP contribution in [0.2, 0.25) is 0 Å². The molecule has 0 heterocycles. The molecular weight excluding hydrogens is 64.0 g/mol. The van der Waals surface area contributed by atoms with Crippen molar-refractivity contribution < 1.29 is 0 Å². The van der Waals surface area contributed by atoms with Gasteiger partial charge >= 0.3 is 0 Å². The molecule has 0 aliphatic carbocycles. The summed E-state index contributed by atoms with van der Waals surface area (Å²) in [6.07, 6.45) is 4.50. The van der Waals surface area contributed by atoms with Crippen molar-refractivity contribution in [2.45, 2.75) is 0 Å². The van der Waals surface area contributed by atoms with Gasteiger partial charge in [-0.15, -0.1) is 12.4 Å². The summed E-state index contributed by atoms with van der Waals surface area (Å²) in [6.45, 7) is 0. The first-order valence-corrected chi connectivity index (χ1v) is 0.959. The van der Waals surface area contributed by atoms with Gasteiger partial charge in [0.05, 0.1) is 0 Å². The molecule has 0 aromatic carbocycles. The molecule has 24 valence electrons. The Kier molecular flexibility index (Phi) is 2.32. The highest BCUT2D eigenvalue weighted by molar-refractivity contribution is 5.46. The van der Waals surface area contributed by atoms with E-state index >= 15 is 0 Å². The van der Waals surface area contributed by atoms with E-state index in [1.165, 1.54) is 6.01 Å². The van der Waals surface area contributed by atoms with Crippen molar-refractivity contribution in [1.29, 1.82) is 0 Å². The van der Waals surface area contributed by atoms with Crippen molar-refractivity contribution in [3.63, 3.8) is 0 Å². The van der Waals surface area contributed by atoms with E-state index in [9.17, 15) is 0 Å². The Morgan fingerprint density at radius 2 is 2.40 bits per heavy atom. The second-order valence-electron chi connectivity index (χ2n) is 0.341. The Bertz CT molecular complexity index is 92.0. The van der Waals surface area contributed by atoms with E-state index in [1.54, 1.807) is 6.04 Å². The molecule has 0 saturated carbocycles. The van der Waals surface area contributed by atoms with Gasteiger partial charge in [0.25, 0.3) is 0 Å². The van der Waals surface area contributed by atoms with Gasteiger partial charge in [0.2, 0.25) is 0 Å². The number of hydrogen-bond acceptors (Lipinski definition) is 1. The maximum Gasteiger partial charge on any atom is -0.0830 e. The van der Waals surface area contributed by atoms with Gasteiger partial charge in [0.1, 0.15) is 0 Å². The largest absolute Gasteiger partial charge is 0.422 e. The first-order chi connectivity index (χ1) is 2.41. The number of nitrogens with zero attached hydrogens (tertiary/aromatic N) is 2. The molecule has 0 aliphatic heterocycles. The summed E-state index contributed by atoms with van der Waals surface area (Å²) in [5.74, 6) is 0. The molecule has 0 rings (SSSR count). The molecule has 5 heavy (non-hydrogen) atoms. The molecule has 0 atom stereocenters. The van der Waals surface area contributed by atoms with Crippen LogP contribution in [0.15, 0.2) is 4.99 Å². The van der Waals surface area contributed by atoms with Crippen LogP contribution in [0.5, 0.6) is 0 Å². The summed E-state index contributed by atoms with van der Waals surface area (Å²) in [6, 6.07) is 3.19. The Hall–Kier alpha value is -1.06. The van der Waals surface area contributed by atoms with E-state index in [0.717, 1.165) is 0 Å². The third-order valence-corrected chi connectivity index (χ3v) is 0.115. The van der Waals surface area contributed by atoms with Crippen molar-refractivity contribution in [3.8, 4) is 12.5 Å². The maximum atomic E-state index is 7.51. The normalized spacial score (nSPS) is 3.80. The standard InChI is InChI=1S/C3HN2/c1-2-5-3-4/h1H/q-1. The van der Waals surface area contributed by atoms with E-state index < -0.39 is 0 Å². The molecule has 0 amide bonds. The first-order valence-electron chi connectivity index (χ1n) is 0.959. The van der Waals surface area contributed by atoms with Gasteiger partial charge < -0.3 is 10.4 Å². The molecule has 0 aliphatic rings. The molecule has 0 radical (unpaired) electrons. The topological polar surface area (TPSA) is 34.7 Å². The summed E-state index contributed by atoms with van der Waals surface area (Å²) in [5, 5.41) is 7.51. The van der Waals surface area contributed by atoms with Crippen molar-refractivity contribution >= 4 is 6.01 Å². The fourth-order valence-electron chi connectivity index (χ4n) is 0.0289. The van der Waals surface area contributed by atoms with Crippen molar-refractivity contribution in [1.82, 2.24) is 0 Å². The summed E-state index contributed by atoms with van der Waals surface area (Å²) in [4.78, 5) is 2.81. The summed E-state index contributed by atoms with van der Waals surface area (Å²) in [5.41, 5.74) is 0. The fraction of sp³-hybridized carbons (Fsp3) is 0. The predicted octanol–water partition coefficient (Wildman–Crippen LogP) is 0.320. The van der Waals surface area contributed by atoms with Crippen LogP contribution in [0.1, 0.15) is 0 Å². The van der Waals surface area contributed by atoms with Gasteiger partial charge in [0.15, 0.2) is 0 Å². The number of aliphatic imine (C=N–C) groups is 1. The predicted molar refractivity (Wildman–Crippen MR) is 19.6 cm³/mol. The van der Waals surface area contributed by atoms with Crippen molar-refractivity contribution in [2.75, 3.05) is 0 Å². The molecule has 0 unspecified atom stereocenters. The zero-order chi connectivity index (χ0) is 4.12. The number of terminal acetylenes is 1. The minimum Gasteiger partial charge on any atom is -0.422 e.